The Hall–Kier alpha value is -3.25. The smallest absolute Gasteiger partial charge is 0.230 e. The summed E-state index contributed by atoms with van der Waals surface area (Å²) in [6.07, 6.45) is 2.42. The van der Waals surface area contributed by atoms with Gasteiger partial charge in [-0.3, -0.25) is 14.5 Å². The van der Waals surface area contributed by atoms with Crippen LogP contribution in [0.25, 0.3) is 6.08 Å². The first-order valence-electron chi connectivity index (χ1n) is 8.80. The number of thiazole rings is 1. The fraction of sp³-hybridized carbons (Fsp3) is 0.136. The molecule has 0 atom stereocenters. The second kappa shape index (κ2) is 7.40. The largest absolute Gasteiger partial charge is 0.497 e. The molecule has 0 saturated heterocycles. The van der Waals surface area contributed by atoms with E-state index in [1.807, 2.05) is 53.9 Å². The molecule has 140 valence electrons. The maximum atomic E-state index is 12.6. The summed E-state index contributed by atoms with van der Waals surface area (Å²) in [6.45, 7) is 1.50. The highest BCUT2D eigenvalue weighted by molar-refractivity contribution is 7.14. The van der Waals surface area contributed by atoms with E-state index in [4.69, 9.17) is 4.74 Å². The van der Waals surface area contributed by atoms with E-state index in [2.05, 4.69) is 4.98 Å². The van der Waals surface area contributed by atoms with Crippen molar-refractivity contribution >= 4 is 39.9 Å². The van der Waals surface area contributed by atoms with Crippen LogP contribution in [0.5, 0.6) is 5.75 Å². The third-order valence-electron chi connectivity index (χ3n) is 4.58. The Morgan fingerprint density at radius 1 is 1.21 bits per heavy atom. The maximum Gasteiger partial charge on any atom is 0.230 e. The van der Waals surface area contributed by atoms with Crippen molar-refractivity contribution in [1.82, 2.24) is 4.98 Å². The maximum absolute atomic E-state index is 12.6. The molecule has 1 aliphatic rings. The summed E-state index contributed by atoms with van der Waals surface area (Å²) in [5, 5.41) is 2.41. The summed E-state index contributed by atoms with van der Waals surface area (Å²) in [6, 6.07) is 14.9. The van der Waals surface area contributed by atoms with E-state index in [9.17, 15) is 9.59 Å². The summed E-state index contributed by atoms with van der Waals surface area (Å²) < 4.78 is 5.26. The number of anilines is 2. The molecule has 2 aromatic carbocycles. The molecule has 0 N–H and O–H groups in total. The van der Waals surface area contributed by atoms with Crippen LogP contribution in [0, 0.1) is 0 Å². The van der Waals surface area contributed by atoms with Crippen molar-refractivity contribution in [3.63, 3.8) is 0 Å². The number of aromatic nitrogens is 1. The molecule has 0 saturated carbocycles. The Morgan fingerprint density at radius 2 is 2.04 bits per heavy atom. The first-order valence-corrected chi connectivity index (χ1v) is 9.68. The summed E-state index contributed by atoms with van der Waals surface area (Å²) in [5.74, 6) is 0.560. The molecule has 3 aromatic rings. The molecule has 1 aliphatic carbocycles. The zero-order chi connectivity index (χ0) is 19.7. The molecule has 1 aromatic heterocycles. The Bertz CT molecular complexity index is 1100. The van der Waals surface area contributed by atoms with Crippen LogP contribution < -0.4 is 9.64 Å². The second-order valence-electron chi connectivity index (χ2n) is 6.44. The van der Waals surface area contributed by atoms with Crippen LogP contribution >= 0.6 is 11.3 Å². The van der Waals surface area contributed by atoms with Crippen LogP contribution in [0.4, 0.5) is 10.8 Å². The average molecular weight is 390 g/mol. The number of allylic oxidation sites excluding steroid dienone is 1. The lowest BCUT2D eigenvalue weighted by molar-refractivity contribution is -0.115. The lowest BCUT2D eigenvalue weighted by atomic mass is 10.1. The van der Waals surface area contributed by atoms with E-state index in [1.54, 1.807) is 18.1 Å². The lowest BCUT2D eigenvalue weighted by Gasteiger charge is -2.18. The number of fused-ring (bicyclic) bond motifs is 1. The van der Waals surface area contributed by atoms with Crippen LogP contribution in [-0.4, -0.2) is 23.8 Å². The number of Topliss-reactive ketones (excluding diaryl/α,β-unsaturated/α-hetero) is 1. The summed E-state index contributed by atoms with van der Waals surface area (Å²) in [7, 11) is 1.58. The molecule has 1 heterocycles. The quantitative estimate of drug-likeness (QED) is 0.608. The Kier molecular flexibility index (Phi) is 4.79. The molecule has 28 heavy (non-hydrogen) atoms. The number of hydrogen-bond donors (Lipinski definition) is 0. The SMILES string of the molecule is COc1cccc(N(C(C)=O)c2nc(C=C3Cc4ccccc4C3=O)cs2)c1. The number of amides is 1. The van der Waals surface area contributed by atoms with Gasteiger partial charge >= 0.3 is 0 Å². The Morgan fingerprint density at radius 3 is 2.79 bits per heavy atom. The van der Waals surface area contributed by atoms with Gasteiger partial charge in [-0.05, 0) is 23.8 Å². The zero-order valence-electron chi connectivity index (χ0n) is 15.5. The van der Waals surface area contributed by atoms with Gasteiger partial charge in [0, 0.05) is 35.9 Å². The van der Waals surface area contributed by atoms with Crippen LogP contribution in [-0.2, 0) is 11.2 Å². The standard InChI is InChI=1S/C22H18N2O3S/c1-14(25)24(18-7-5-8-19(12-18)27-2)22-23-17(13-28-22)11-16-10-15-6-3-4-9-20(15)21(16)26/h3-9,11-13H,10H2,1-2H3. The van der Waals surface area contributed by atoms with Crippen molar-refractivity contribution in [3.05, 3.63) is 76.3 Å². The fourth-order valence-corrected chi connectivity index (χ4v) is 4.12. The minimum atomic E-state index is -0.147. The number of carbonyl (C=O) groups is 2. The van der Waals surface area contributed by atoms with Crippen molar-refractivity contribution in [2.45, 2.75) is 13.3 Å². The van der Waals surface area contributed by atoms with Crippen molar-refractivity contribution in [2.75, 3.05) is 12.0 Å². The topological polar surface area (TPSA) is 59.5 Å². The molecule has 1 amide bonds. The Balaban J connectivity index is 1.65. The molecule has 0 unspecified atom stereocenters. The summed E-state index contributed by atoms with van der Waals surface area (Å²) in [4.78, 5) is 31.0. The van der Waals surface area contributed by atoms with Gasteiger partial charge in [0.2, 0.25) is 5.91 Å². The number of methoxy groups -OCH3 is 1. The van der Waals surface area contributed by atoms with Gasteiger partial charge in [-0.25, -0.2) is 4.98 Å². The highest BCUT2D eigenvalue weighted by atomic mass is 32.1. The third kappa shape index (κ3) is 3.34. The number of benzene rings is 2. The van der Waals surface area contributed by atoms with Gasteiger partial charge in [0.1, 0.15) is 5.75 Å². The number of carbonyl (C=O) groups excluding carboxylic acids is 2. The van der Waals surface area contributed by atoms with Gasteiger partial charge in [-0.2, -0.15) is 0 Å². The molecule has 0 radical (unpaired) electrons. The molecular weight excluding hydrogens is 372 g/mol. The normalized spacial score (nSPS) is 14.2. The fourth-order valence-electron chi connectivity index (χ4n) is 3.27. The van der Waals surface area contributed by atoms with E-state index in [-0.39, 0.29) is 11.7 Å². The first kappa shape index (κ1) is 18.1. The zero-order valence-corrected chi connectivity index (χ0v) is 16.3. The monoisotopic (exact) mass is 390 g/mol. The third-order valence-corrected chi connectivity index (χ3v) is 5.43. The molecular formula is C22H18N2O3S. The van der Waals surface area contributed by atoms with Crippen LogP contribution in [0.1, 0.15) is 28.5 Å². The number of ketones is 1. The van der Waals surface area contributed by atoms with E-state index in [0.29, 0.717) is 34.3 Å². The van der Waals surface area contributed by atoms with Gasteiger partial charge in [0.05, 0.1) is 18.5 Å². The summed E-state index contributed by atoms with van der Waals surface area (Å²) >= 11 is 1.36. The first-order chi connectivity index (χ1) is 13.6. The molecule has 0 spiro atoms. The molecule has 6 heteroatoms. The molecule has 5 nitrogen and oxygen atoms in total. The summed E-state index contributed by atoms with van der Waals surface area (Å²) in [5.41, 5.74) is 3.87. The predicted molar refractivity (Wildman–Crippen MR) is 110 cm³/mol. The van der Waals surface area contributed by atoms with Gasteiger partial charge in [-0.1, -0.05) is 30.3 Å². The van der Waals surface area contributed by atoms with Gasteiger partial charge in [0.25, 0.3) is 0 Å². The number of ether oxygens (including phenoxy) is 1. The highest BCUT2D eigenvalue weighted by Crippen LogP contribution is 2.33. The van der Waals surface area contributed by atoms with Crippen molar-refractivity contribution in [3.8, 4) is 5.75 Å². The minimum absolute atomic E-state index is 0.0429. The van der Waals surface area contributed by atoms with E-state index in [0.717, 1.165) is 11.1 Å². The van der Waals surface area contributed by atoms with E-state index < -0.39 is 0 Å². The highest BCUT2D eigenvalue weighted by Gasteiger charge is 2.25. The van der Waals surface area contributed by atoms with Crippen molar-refractivity contribution < 1.29 is 14.3 Å². The average Bonchev–Trinajstić information content (AvgIpc) is 3.27. The van der Waals surface area contributed by atoms with Gasteiger partial charge in [0.15, 0.2) is 10.9 Å². The number of hydrogen-bond acceptors (Lipinski definition) is 5. The molecule has 0 aliphatic heterocycles. The van der Waals surface area contributed by atoms with Crippen LogP contribution in [0.3, 0.4) is 0 Å². The minimum Gasteiger partial charge on any atom is -0.497 e. The molecule has 0 bridgehead atoms. The molecule has 0 fully saturated rings. The lowest BCUT2D eigenvalue weighted by Crippen LogP contribution is -2.22. The number of rotatable bonds is 4. The second-order valence-corrected chi connectivity index (χ2v) is 7.28. The predicted octanol–water partition coefficient (Wildman–Crippen LogP) is 4.66. The van der Waals surface area contributed by atoms with E-state index >= 15 is 0 Å². The van der Waals surface area contributed by atoms with Crippen molar-refractivity contribution in [1.29, 1.82) is 0 Å². The molecule has 4 rings (SSSR count). The number of nitrogens with zero attached hydrogens (tertiary/aromatic N) is 2. The Labute approximate surface area is 166 Å². The van der Waals surface area contributed by atoms with E-state index in [1.165, 1.54) is 18.3 Å². The van der Waals surface area contributed by atoms with Crippen molar-refractivity contribution in [2.24, 2.45) is 0 Å². The van der Waals surface area contributed by atoms with Gasteiger partial charge < -0.3 is 4.74 Å². The van der Waals surface area contributed by atoms with Gasteiger partial charge in [-0.15, -0.1) is 11.3 Å². The van der Waals surface area contributed by atoms with Crippen LogP contribution in [0.2, 0.25) is 0 Å². The van der Waals surface area contributed by atoms with Crippen LogP contribution in [0.15, 0.2) is 59.5 Å².